The number of cyclic esters (lactones) is 1. The molecule has 0 bridgehead atoms. The van der Waals surface area contributed by atoms with E-state index in [-0.39, 0.29) is 0 Å². The predicted octanol–water partition coefficient (Wildman–Crippen LogP) is 5.04. The minimum atomic E-state index is -0.482. The SMILES string of the molecule is CC(=O)Oc1ccc(C2=CC(=O)O/C2=C\c2cc(Br)c(OC(C)=O)c(Br)c2)cc1. The van der Waals surface area contributed by atoms with Crippen molar-refractivity contribution in [2.75, 3.05) is 0 Å². The lowest BCUT2D eigenvalue weighted by atomic mass is 10.0. The van der Waals surface area contributed by atoms with Crippen molar-refractivity contribution >= 4 is 61.4 Å². The van der Waals surface area contributed by atoms with Crippen LogP contribution in [0.4, 0.5) is 0 Å². The molecule has 0 atom stereocenters. The van der Waals surface area contributed by atoms with Crippen LogP contribution in [0.5, 0.6) is 11.5 Å². The van der Waals surface area contributed by atoms with Crippen LogP contribution < -0.4 is 9.47 Å². The van der Waals surface area contributed by atoms with Gasteiger partial charge in [-0.1, -0.05) is 12.1 Å². The highest BCUT2D eigenvalue weighted by Gasteiger charge is 2.22. The van der Waals surface area contributed by atoms with Crippen LogP contribution >= 0.6 is 31.9 Å². The second-order valence-corrected chi connectivity index (χ2v) is 7.72. The minimum absolute atomic E-state index is 0.361. The molecule has 0 N–H and O–H groups in total. The Morgan fingerprint density at radius 3 is 2.10 bits per heavy atom. The number of benzene rings is 2. The maximum Gasteiger partial charge on any atom is 0.336 e. The number of halogens is 2. The molecule has 3 rings (SSSR count). The second kappa shape index (κ2) is 8.75. The summed E-state index contributed by atoms with van der Waals surface area (Å²) < 4.78 is 16.6. The standard InChI is InChI=1S/C21H14Br2O6/c1-11(24)27-15-5-3-14(4-6-15)16-10-20(26)29-19(16)9-13-7-17(22)21(18(23)8-13)28-12(2)25/h3-10H,1-2H3/b19-9-. The summed E-state index contributed by atoms with van der Waals surface area (Å²) in [5.74, 6) is -0.194. The number of ether oxygens (including phenoxy) is 3. The van der Waals surface area contributed by atoms with Gasteiger partial charge in [0.25, 0.3) is 0 Å². The van der Waals surface area contributed by atoms with Crippen LogP contribution in [0.2, 0.25) is 0 Å². The molecule has 0 saturated carbocycles. The topological polar surface area (TPSA) is 78.9 Å². The quantitative estimate of drug-likeness (QED) is 0.414. The fraction of sp³-hybridized carbons (Fsp3) is 0.0952. The Bertz CT molecular complexity index is 1040. The number of carbonyl (C=O) groups excluding carboxylic acids is 3. The lowest BCUT2D eigenvalue weighted by Gasteiger charge is -2.10. The zero-order valence-electron chi connectivity index (χ0n) is 15.3. The summed E-state index contributed by atoms with van der Waals surface area (Å²) in [6.07, 6.45) is 3.09. The Balaban J connectivity index is 1.93. The average molecular weight is 522 g/mol. The van der Waals surface area contributed by atoms with Crippen molar-refractivity contribution in [2.45, 2.75) is 13.8 Å². The predicted molar refractivity (Wildman–Crippen MR) is 113 cm³/mol. The number of carbonyl (C=O) groups is 3. The molecule has 0 aliphatic carbocycles. The summed E-state index contributed by atoms with van der Waals surface area (Å²) in [5.41, 5.74) is 2.04. The zero-order valence-corrected chi connectivity index (χ0v) is 18.5. The third kappa shape index (κ3) is 5.21. The molecule has 0 amide bonds. The molecule has 0 spiro atoms. The van der Waals surface area contributed by atoms with Gasteiger partial charge in [-0.15, -0.1) is 0 Å². The smallest absolute Gasteiger partial charge is 0.336 e. The van der Waals surface area contributed by atoms with Gasteiger partial charge in [0, 0.05) is 25.5 Å². The average Bonchev–Trinajstić information content (AvgIpc) is 2.98. The van der Waals surface area contributed by atoms with Gasteiger partial charge in [0.05, 0.1) is 8.95 Å². The van der Waals surface area contributed by atoms with E-state index in [1.165, 1.54) is 19.9 Å². The molecular formula is C21H14Br2O6. The van der Waals surface area contributed by atoms with Gasteiger partial charge in [0.2, 0.25) is 0 Å². The summed E-state index contributed by atoms with van der Waals surface area (Å²) in [4.78, 5) is 34.1. The molecule has 8 heteroatoms. The molecule has 2 aromatic carbocycles. The van der Waals surface area contributed by atoms with Crippen molar-refractivity contribution in [3.05, 3.63) is 68.3 Å². The van der Waals surface area contributed by atoms with Gasteiger partial charge in [0.1, 0.15) is 11.5 Å². The summed E-state index contributed by atoms with van der Waals surface area (Å²) in [6.45, 7) is 2.64. The lowest BCUT2D eigenvalue weighted by molar-refractivity contribution is -0.132. The maximum absolute atomic E-state index is 11.9. The zero-order chi connectivity index (χ0) is 21.1. The van der Waals surface area contributed by atoms with Crippen molar-refractivity contribution in [2.24, 2.45) is 0 Å². The van der Waals surface area contributed by atoms with Crippen LogP contribution in [0.1, 0.15) is 25.0 Å². The summed E-state index contributed by atoms with van der Waals surface area (Å²) >= 11 is 6.75. The van der Waals surface area contributed by atoms with Crippen molar-refractivity contribution in [1.82, 2.24) is 0 Å². The van der Waals surface area contributed by atoms with Crippen LogP contribution in [0.3, 0.4) is 0 Å². The highest BCUT2D eigenvalue weighted by Crippen LogP contribution is 2.37. The lowest BCUT2D eigenvalue weighted by Crippen LogP contribution is -2.03. The second-order valence-electron chi connectivity index (χ2n) is 6.01. The van der Waals surface area contributed by atoms with Crippen LogP contribution in [0, 0.1) is 0 Å². The number of hydrogen-bond donors (Lipinski definition) is 0. The highest BCUT2D eigenvalue weighted by atomic mass is 79.9. The van der Waals surface area contributed by atoms with Gasteiger partial charge in [-0.2, -0.15) is 0 Å². The molecule has 29 heavy (non-hydrogen) atoms. The molecule has 6 nitrogen and oxygen atoms in total. The van der Waals surface area contributed by atoms with E-state index < -0.39 is 17.9 Å². The first kappa shape index (κ1) is 21.0. The number of rotatable bonds is 4. The molecule has 1 aliphatic heterocycles. The number of allylic oxidation sites excluding steroid dienone is 1. The molecule has 1 heterocycles. The molecule has 0 fully saturated rings. The van der Waals surface area contributed by atoms with E-state index in [0.717, 1.165) is 5.56 Å². The minimum Gasteiger partial charge on any atom is -0.427 e. The third-order valence-electron chi connectivity index (χ3n) is 3.73. The van der Waals surface area contributed by atoms with Crippen LogP contribution in [0.15, 0.2) is 57.2 Å². The fourth-order valence-electron chi connectivity index (χ4n) is 2.64. The number of esters is 3. The molecule has 2 aromatic rings. The molecule has 1 aliphatic rings. The maximum atomic E-state index is 11.9. The van der Waals surface area contributed by atoms with E-state index in [4.69, 9.17) is 14.2 Å². The van der Waals surface area contributed by atoms with Crippen molar-refractivity contribution in [3.8, 4) is 11.5 Å². The molecule has 0 saturated heterocycles. The Labute approximate surface area is 183 Å². The van der Waals surface area contributed by atoms with Gasteiger partial charge >= 0.3 is 17.9 Å². The third-order valence-corrected chi connectivity index (χ3v) is 4.91. The fourth-order valence-corrected chi connectivity index (χ4v) is 4.02. The largest absolute Gasteiger partial charge is 0.427 e. The van der Waals surface area contributed by atoms with Crippen LogP contribution in [-0.2, 0) is 19.1 Å². The summed E-state index contributed by atoms with van der Waals surface area (Å²) in [6, 6.07) is 10.2. The van der Waals surface area contributed by atoms with Crippen molar-refractivity contribution in [1.29, 1.82) is 0 Å². The Hall–Kier alpha value is -2.71. The highest BCUT2D eigenvalue weighted by molar-refractivity contribution is 9.11. The van der Waals surface area contributed by atoms with E-state index in [2.05, 4.69) is 31.9 Å². The molecule has 0 unspecified atom stereocenters. The van der Waals surface area contributed by atoms with E-state index in [1.54, 1.807) is 42.5 Å². The Morgan fingerprint density at radius 1 is 0.966 bits per heavy atom. The van der Waals surface area contributed by atoms with E-state index in [9.17, 15) is 14.4 Å². The Morgan fingerprint density at radius 2 is 1.55 bits per heavy atom. The van der Waals surface area contributed by atoms with Gasteiger partial charge in [0.15, 0.2) is 5.75 Å². The van der Waals surface area contributed by atoms with Crippen molar-refractivity contribution < 1.29 is 28.6 Å². The first-order valence-corrected chi connectivity index (χ1v) is 9.93. The summed E-state index contributed by atoms with van der Waals surface area (Å²) in [7, 11) is 0. The van der Waals surface area contributed by atoms with Gasteiger partial charge in [-0.25, -0.2) is 4.79 Å². The van der Waals surface area contributed by atoms with Crippen LogP contribution in [-0.4, -0.2) is 17.9 Å². The van der Waals surface area contributed by atoms with E-state index in [0.29, 0.717) is 37.3 Å². The number of hydrogen-bond acceptors (Lipinski definition) is 6. The van der Waals surface area contributed by atoms with E-state index >= 15 is 0 Å². The molecular weight excluding hydrogens is 508 g/mol. The monoisotopic (exact) mass is 520 g/mol. The first-order valence-electron chi connectivity index (χ1n) is 8.35. The molecule has 0 radical (unpaired) electrons. The van der Waals surface area contributed by atoms with Gasteiger partial charge in [-0.3, -0.25) is 9.59 Å². The first-order chi connectivity index (χ1) is 13.7. The van der Waals surface area contributed by atoms with Gasteiger partial charge in [-0.05, 0) is 73.3 Å². The van der Waals surface area contributed by atoms with Crippen molar-refractivity contribution in [3.63, 3.8) is 0 Å². The normalized spacial score (nSPS) is 14.4. The van der Waals surface area contributed by atoms with Gasteiger partial charge < -0.3 is 14.2 Å². The Kier molecular flexibility index (Phi) is 6.34. The summed E-state index contributed by atoms with van der Waals surface area (Å²) in [5, 5.41) is 0. The molecule has 148 valence electrons. The van der Waals surface area contributed by atoms with E-state index in [1.807, 2.05) is 0 Å². The van der Waals surface area contributed by atoms with Crippen LogP contribution in [0.25, 0.3) is 11.6 Å². The molecule has 0 aromatic heterocycles.